The number of hydrogen-bond donors (Lipinski definition) is 0. The molecule has 0 spiro atoms. The van der Waals surface area contributed by atoms with E-state index < -0.39 is 10.8 Å². The van der Waals surface area contributed by atoms with E-state index in [9.17, 15) is 13.4 Å². The Kier molecular flexibility index (Phi) is 6.65. The average molecular weight is 454 g/mol. The molecule has 7 heteroatoms. The fraction of sp³-hybridized carbons (Fsp3) is 0.350. The summed E-state index contributed by atoms with van der Waals surface area (Å²) in [5.41, 5.74) is 1.55. The normalized spacial score (nSPS) is 16.2. The van der Waals surface area contributed by atoms with Gasteiger partial charge in [-0.25, -0.2) is 9.18 Å². The minimum atomic E-state index is -1.25. The number of rotatable bonds is 4. The Hall–Kier alpha value is -1.73. The van der Waals surface area contributed by atoms with E-state index in [1.165, 1.54) is 12.3 Å². The second kappa shape index (κ2) is 8.97. The van der Waals surface area contributed by atoms with Crippen LogP contribution in [0.5, 0.6) is 0 Å². The van der Waals surface area contributed by atoms with Crippen molar-refractivity contribution in [1.29, 1.82) is 0 Å². The molecule has 0 unspecified atom stereocenters. The van der Waals surface area contributed by atoms with Gasteiger partial charge in [0.25, 0.3) is 0 Å². The lowest BCUT2D eigenvalue weighted by molar-refractivity contribution is 0.0869. The minimum Gasteiger partial charge on any atom is -0.445 e. The second-order valence-electron chi connectivity index (χ2n) is 6.56. The monoisotopic (exact) mass is 453 g/mol. The molecule has 2 aromatic carbocycles. The molecule has 4 nitrogen and oxygen atoms in total. The van der Waals surface area contributed by atoms with Crippen LogP contribution in [-0.4, -0.2) is 34.5 Å². The number of piperidine rings is 1. The highest BCUT2D eigenvalue weighted by atomic mass is 79.9. The first-order valence-corrected chi connectivity index (χ1v) is 11.1. The van der Waals surface area contributed by atoms with Crippen molar-refractivity contribution >= 4 is 32.8 Å². The van der Waals surface area contributed by atoms with Crippen LogP contribution in [-0.2, 0) is 22.1 Å². The molecule has 1 heterocycles. The van der Waals surface area contributed by atoms with E-state index in [-0.39, 0.29) is 24.4 Å². The third kappa shape index (κ3) is 4.96. The molecule has 1 amide bonds. The zero-order chi connectivity index (χ0) is 19.4. The van der Waals surface area contributed by atoms with Gasteiger partial charge in [-0.15, -0.1) is 0 Å². The van der Waals surface area contributed by atoms with Crippen LogP contribution in [0.2, 0.25) is 0 Å². The molecular weight excluding hydrogens is 433 g/mol. The third-order valence-electron chi connectivity index (χ3n) is 4.76. The number of benzene rings is 2. The van der Waals surface area contributed by atoms with Crippen LogP contribution in [0, 0.1) is 5.82 Å². The van der Waals surface area contributed by atoms with Gasteiger partial charge in [0.1, 0.15) is 12.4 Å². The SMILES string of the molecule is C[S@@](=O)c1cc(F)c(C2CCN(C(=O)OCc3ccccc3)CC2)cc1Br. The first kappa shape index (κ1) is 20.0. The fourth-order valence-corrected chi connectivity index (χ4v) is 4.91. The molecule has 0 radical (unpaired) electrons. The lowest BCUT2D eigenvalue weighted by atomic mass is 9.89. The zero-order valence-corrected chi connectivity index (χ0v) is 17.4. The average Bonchev–Trinajstić information content (AvgIpc) is 2.68. The first-order valence-electron chi connectivity index (χ1n) is 8.73. The van der Waals surface area contributed by atoms with E-state index in [1.807, 2.05) is 30.3 Å². The summed E-state index contributed by atoms with van der Waals surface area (Å²) < 4.78 is 32.1. The van der Waals surface area contributed by atoms with Crippen LogP contribution in [0.3, 0.4) is 0 Å². The Bertz CT molecular complexity index is 839. The number of nitrogens with zero attached hydrogens (tertiary/aromatic N) is 1. The lowest BCUT2D eigenvalue weighted by Crippen LogP contribution is -2.38. The molecule has 1 atom stereocenters. The first-order chi connectivity index (χ1) is 13.0. The number of halogens is 2. The Morgan fingerprint density at radius 2 is 1.93 bits per heavy atom. The largest absolute Gasteiger partial charge is 0.445 e. The Labute approximate surface area is 169 Å². The summed E-state index contributed by atoms with van der Waals surface area (Å²) in [5, 5.41) is 0. The standard InChI is InChI=1S/C20H21BrFNO3S/c1-27(25)19-12-18(22)16(11-17(19)21)15-7-9-23(10-8-15)20(24)26-13-14-5-3-2-4-6-14/h2-6,11-12,15H,7-10,13H2,1H3/t27-/m1/s1. The summed E-state index contributed by atoms with van der Waals surface area (Å²) in [5.74, 6) is -0.313. The van der Waals surface area contributed by atoms with Crippen molar-refractivity contribution in [3.05, 3.63) is 63.9 Å². The van der Waals surface area contributed by atoms with Crippen molar-refractivity contribution in [1.82, 2.24) is 4.90 Å². The molecule has 0 aliphatic carbocycles. The molecule has 1 aliphatic heterocycles. The summed E-state index contributed by atoms with van der Waals surface area (Å²) >= 11 is 3.38. The van der Waals surface area contributed by atoms with Crippen molar-refractivity contribution in [3.63, 3.8) is 0 Å². The van der Waals surface area contributed by atoms with Gasteiger partial charge >= 0.3 is 6.09 Å². The van der Waals surface area contributed by atoms with Gasteiger partial charge in [-0.2, -0.15) is 0 Å². The van der Waals surface area contributed by atoms with Crippen molar-refractivity contribution < 1.29 is 18.1 Å². The van der Waals surface area contributed by atoms with E-state index >= 15 is 0 Å². The van der Waals surface area contributed by atoms with Gasteiger partial charge < -0.3 is 9.64 Å². The van der Waals surface area contributed by atoms with Gasteiger partial charge in [0.2, 0.25) is 0 Å². The molecule has 27 heavy (non-hydrogen) atoms. The summed E-state index contributed by atoms with van der Waals surface area (Å²) in [7, 11) is -1.25. The number of hydrogen-bond acceptors (Lipinski definition) is 3. The van der Waals surface area contributed by atoms with Crippen molar-refractivity contribution in [2.45, 2.75) is 30.3 Å². The minimum absolute atomic E-state index is 0.0267. The van der Waals surface area contributed by atoms with Crippen molar-refractivity contribution in [2.24, 2.45) is 0 Å². The van der Waals surface area contributed by atoms with Gasteiger partial charge in [0.05, 0.1) is 15.7 Å². The molecule has 1 saturated heterocycles. The van der Waals surface area contributed by atoms with Crippen LogP contribution in [0.25, 0.3) is 0 Å². The molecule has 144 valence electrons. The highest BCUT2D eigenvalue weighted by Crippen LogP contribution is 2.34. The van der Waals surface area contributed by atoms with Crippen molar-refractivity contribution in [3.8, 4) is 0 Å². The van der Waals surface area contributed by atoms with E-state index in [2.05, 4.69) is 15.9 Å². The van der Waals surface area contributed by atoms with Crippen molar-refractivity contribution in [2.75, 3.05) is 19.3 Å². The molecule has 2 aromatic rings. The maximum absolute atomic E-state index is 14.5. The van der Waals surface area contributed by atoms with Gasteiger partial charge in [-0.05, 0) is 57.9 Å². The lowest BCUT2D eigenvalue weighted by Gasteiger charge is -2.31. The molecule has 3 rings (SSSR count). The number of likely N-dealkylation sites (tertiary alicyclic amines) is 1. The summed E-state index contributed by atoms with van der Waals surface area (Å²) in [6.45, 7) is 1.30. The Morgan fingerprint density at radius 3 is 2.56 bits per heavy atom. The highest BCUT2D eigenvalue weighted by molar-refractivity contribution is 9.10. The molecule has 0 saturated carbocycles. The molecular formula is C20H21BrFNO3S. The van der Waals surface area contributed by atoms with Crippen LogP contribution in [0.1, 0.15) is 29.9 Å². The Morgan fingerprint density at radius 1 is 1.26 bits per heavy atom. The molecule has 0 N–H and O–H groups in total. The fourth-order valence-electron chi connectivity index (χ4n) is 3.26. The zero-order valence-electron chi connectivity index (χ0n) is 15.0. The van der Waals surface area contributed by atoms with E-state index in [0.717, 1.165) is 5.56 Å². The second-order valence-corrected chi connectivity index (χ2v) is 8.76. The molecule has 0 aromatic heterocycles. The number of ether oxygens (including phenoxy) is 1. The Balaban J connectivity index is 1.58. The predicted octanol–water partition coefficient (Wildman–Crippen LogP) is 4.84. The smallest absolute Gasteiger partial charge is 0.410 e. The van der Waals surface area contributed by atoms with Crippen LogP contribution >= 0.6 is 15.9 Å². The van der Waals surface area contributed by atoms with Gasteiger partial charge in [-0.1, -0.05) is 30.3 Å². The molecule has 1 fully saturated rings. The van der Waals surface area contributed by atoms with Crippen LogP contribution in [0.15, 0.2) is 51.8 Å². The van der Waals surface area contributed by atoms with Crippen LogP contribution < -0.4 is 0 Å². The third-order valence-corrected chi connectivity index (χ3v) is 6.63. The topological polar surface area (TPSA) is 46.6 Å². The summed E-state index contributed by atoms with van der Waals surface area (Å²) in [6.07, 6.45) is 2.52. The number of carbonyl (C=O) groups is 1. The number of carbonyl (C=O) groups excluding carboxylic acids is 1. The van der Waals surface area contributed by atoms with E-state index in [4.69, 9.17) is 4.74 Å². The summed E-state index contributed by atoms with van der Waals surface area (Å²) in [4.78, 5) is 14.4. The molecule has 0 bridgehead atoms. The maximum Gasteiger partial charge on any atom is 0.410 e. The molecule has 1 aliphatic rings. The van der Waals surface area contributed by atoms with Gasteiger partial charge in [-0.3, -0.25) is 4.21 Å². The highest BCUT2D eigenvalue weighted by Gasteiger charge is 2.27. The summed E-state index contributed by atoms with van der Waals surface area (Å²) in [6, 6.07) is 12.6. The quantitative estimate of drug-likeness (QED) is 0.664. The van der Waals surface area contributed by atoms with E-state index in [1.54, 1.807) is 11.0 Å². The van der Waals surface area contributed by atoms with E-state index in [0.29, 0.717) is 40.9 Å². The maximum atomic E-state index is 14.5. The van der Waals surface area contributed by atoms with Gasteiger partial charge in [0, 0.05) is 23.8 Å². The van der Waals surface area contributed by atoms with Gasteiger partial charge in [0.15, 0.2) is 0 Å². The van der Waals surface area contributed by atoms with Crippen LogP contribution in [0.4, 0.5) is 9.18 Å². The number of amides is 1. The predicted molar refractivity (Wildman–Crippen MR) is 107 cm³/mol.